The SMILES string of the molecule is CCOC(=O)C1CCC(O)C(N=[N+]=[N-])C1.O=C(O)C(O)C(O)C(=O)O. The average molecular weight is 363 g/mol. The number of carboxylic acids is 2. The van der Waals surface area contributed by atoms with Crippen LogP contribution in [-0.4, -0.2) is 74.4 Å². The largest absolute Gasteiger partial charge is 0.479 e. The second-order valence-electron chi connectivity index (χ2n) is 5.17. The van der Waals surface area contributed by atoms with Gasteiger partial charge in [0.15, 0.2) is 12.2 Å². The van der Waals surface area contributed by atoms with Crippen LogP contribution in [0.5, 0.6) is 0 Å². The Hall–Kier alpha value is -2.40. The normalized spacial score (nSPS) is 24.6. The van der Waals surface area contributed by atoms with Gasteiger partial charge in [-0.1, -0.05) is 5.11 Å². The molecule has 0 bridgehead atoms. The van der Waals surface area contributed by atoms with Crippen LogP contribution in [0.25, 0.3) is 10.4 Å². The Morgan fingerprint density at radius 1 is 1.20 bits per heavy atom. The van der Waals surface area contributed by atoms with Crippen LogP contribution in [0.15, 0.2) is 5.11 Å². The van der Waals surface area contributed by atoms with Crippen molar-refractivity contribution in [1.29, 1.82) is 0 Å². The Morgan fingerprint density at radius 3 is 2.12 bits per heavy atom. The summed E-state index contributed by atoms with van der Waals surface area (Å²) in [6.45, 7) is 2.10. The summed E-state index contributed by atoms with van der Waals surface area (Å²) in [6.07, 6.45) is -3.71. The van der Waals surface area contributed by atoms with Crippen LogP contribution in [0.1, 0.15) is 26.2 Å². The summed E-state index contributed by atoms with van der Waals surface area (Å²) >= 11 is 0. The van der Waals surface area contributed by atoms with Crippen molar-refractivity contribution in [3.8, 4) is 0 Å². The van der Waals surface area contributed by atoms with Crippen molar-refractivity contribution < 1.29 is 44.7 Å². The lowest BCUT2D eigenvalue weighted by molar-refractivity contribution is -0.165. The molecule has 12 heteroatoms. The molecule has 5 N–H and O–H groups in total. The van der Waals surface area contributed by atoms with E-state index in [1.807, 2.05) is 0 Å². The third-order valence-corrected chi connectivity index (χ3v) is 3.41. The minimum Gasteiger partial charge on any atom is -0.479 e. The van der Waals surface area contributed by atoms with Crippen molar-refractivity contribution in [3.05, 3.63) is 10.4 Å². The highest BCUT2D eigenvalue weighted by atomic mass is 16.5. The number of ether oxygens (including phenoxy) is 1. The Bertz CT molecular complexity index is 503. The average Bonchev–Trinajstić information content (AvgIpc) is 2.56. The highest BCUT2D eigenvalue weighted by Gasteiger charge is 2.33. The number of carboxylic acid groups (broad SMARTS) is 2. The molecule has 0 heterocycles. The fourth-order valence-electron chi connectivity index (χ4n) is 2.07. The van der Waals surface area contributed by atoms with E-state index in [2.05, 4.69) is 10.0 Å². The zero-order valence-electron chi connectivity index (χ0n) is 13.4. The maximum atomic E-state index is 11.4. The molecule has 142 valence electrons. The van der Waals surface area contributed by atoms with E-state index < -0.39 is 36.3 Å². The molecular weight excluding hydrogens is 342 g/mol. The van der Waals surface area contributed by atoms with Gasteiger partial charge >= 0.3 is 17.9 Å². The Balaban J connectivity index is 0.000000504. The molecule has 0 spiro atoms. The first-order chi connectivity index (χ1) is 11.6. The molecule has 1 rings (SSSR count). The standard InChI is InChI=1S/C9H15N3O3.C4H6O6/c1-2-15-9(14)6-3-4-8(13)7(5-6)11-12-10;5-1(3(7)8)2(6)4(9)10/h6-8,13H,2-5H2,1H3;1-2,5-6H,(H,7,8)(H,9,10). The molecule has 0 aromatic carbocycles. The smallest absolute Gasteiger partial charge is 0.335 e. The monoisotopic (exact) mass is 363 g/mol. The molecule has 0 saturated heterocycles. The van der Waals surface area contributed by atoms with Crippen LogP contribution in [0.2, 0.25) is 0 Å². The van der Waals surface area contributed by atoms with Crippen molar-refractivity contribution in [3.63, 3.8) is 0 Å². The van der Waals surface area contributed by atoms with Crippen molar-refractivity contribution >= 4 is 17.9 Å². The number of carbonyl (C=O) groups excluding carboxylic acids is 1. The molecule has 0 aliphatic heterocycles. The van der Waals surface area contributed by atoms with E-state index in [0.717, 1.165) is 0 Å². The maximum absolute atomic E-state index is 11.4. The van der Waals surface area contributed by atoms with Gasteiger partial charge in [0.1, 0.15) is 0 Å². The number of nitrogens with zero attached hydrogens (tertiary/aromatic N) is 3. The predicted molar refractivity (Wildman–Crippen MR) is 80.2 cm³/mol. The maximum Gasteiger partial charge on any atom is 0.335 e. The van der Waals surface area contributed by atoms with Crippen LogP contribution in [0.3, 0.4) is 0 Å². The molecule has 1 fully saturated rings. The first kappa shape index (κ1) is 22.6. The first-order valence-electron chi connectivity index (χ1n) is 7.36. The van der Waals surface area contributed by atoms with E-state index in [9.17, 15) is 19.5 Å². The van der Waals surface area contributed by atoms with Gasteiger partial charge in [0.25, 0.3) is 0 Å². The predicted octanol–water partition coefficient (Wildman–Crippen LogP) is -0.733. The van der Waals surface area contributed by atoms with Gasteiger partial charge in [-0.3, -0.25) is 4.79 Å². The zero-order chi connectivity index (χ0) is 19.6. The van der Waals surface area contributed by atoms with Crippen molar-refractivity contribution in [2.24, 2.45) is 11.0 Å². The summed E-state index contributed by atoms with van der Waals surface area (Å²) < 4.78 is 4.89. The highest BCUT2D eigenvalue weighted by molar-refractivity contribution is 5.83. The summed E-state index contributed by atoms with van der Waals surface area (Å²) in [7, 11) is 0. The second-order valence-corrected chi connectivity index (χ2v) is 5.17. The molecule has 0 radical (unpaired) electrons. The number of rotatable bonds is 6. The first-order valence-corrected chi connectivity index (χ1v) is 7.36. The van der Waals surface area contributed by atoms with E-state index in [1.165, 1.54) is 0 Å². The van der Waals surface area contributed by atoms with Crippen molar-refractivity contribution in [2.45, 2.75) is 50.5 Å². The quantitative estimate of drug-likeness (QED) is 0.174. The Morgan fingerprint density at radius 2 is 1.72 bits per heavy atom. The molecule has 5 unspecified atom stereocenters. The molecule has 1 aliphatic carbocycles. The van der Waals surface area contributed by atoms with Gasteiger partial charge in [-0.15, -0.1) is 0 Å². The lowest BCUT2D eigenvalue weighted by Gasteiger charge is -2.28. The number of aliphatic carboxylic acids is 2. The summed E-state index contributed by atoms with van der Waals surface area (Å²) in [5.41, 5.74) is 8.30. The van der Waals surface area contributed by atoms with E-state index >= 15 is 0 Å². The number of hydrogen-bond donors (Lipinski definition) is 5. The fraction of sp³-hybridized carbons (Fsp3) is 0.769. The van der Waals surface area contributed by atoms with Gasteiger partial charge in [-0.25, -0.2) is 9.59 Å². The van der Waals surface area contributed by atoms with Crippen LogP contribution >= 0.6 is 0 Å². The van der Waals surface area contributed by atoms with E-state index in [0.29, 0.717) is 25.9 Å². The number of hydrogen-bond acceptors (Lipinski definition) is 8. The van der Waals surface area contributed by atoms with E-state index in [4.69, 9.17) is 30.7 Å². The molecule has 12 nitrogen and oxygen atoms in total. The van der Waals surface area contributed by atoms with Crippen molar-refractivity contribution in [1.82, 2.24) is 0 Å². The number of azide groups is 1. The van der Waals surface area contributed by atoms with Crippen molar-refractivity contribution in [2.75, 3.05) is 6.61 Å². The Kier molecular flexibility index (Phi) is 10.1. The van der Waals surface area contributed by atoms with Crippen LogP contribution in [0.4, 0.5) is 0 Å². The van der Waals surface area contributed by atoms with Crippen LogP contribution < -0.4 is 0 Å². The minimum absolute atomic E-state index is 0.246. The summed E-state index contributed by atoms with van der Waals surface area (Å²) in [5, 5.41) is 45.5. The van der Waals surface area contributed by atoms with E-state index in [-0.39, 0.29) is 11.9 Å². The molecule has 0 amide bonds. The minimum atomic E-state index is -2.27. The second kappa shape index (κ2) is 11.2. The third-order valence-electron chi connectivity index (χ3n) is 3.41. The number of carbonyl (C=O) groups is 3. The van der Waals surface area contributed by atoms with Gasteiger partial charge in [-0.2, -0.15) is 0 Å². The molecule has 5 atom stereocenters. The van der Waals surface area contributed by atoms with Crippen LogP contribution in [-0.2, 0) is 19.1 Å². The fourth-order valence-corrected chi connectivity index (χ4v) is 2.07. The number of aliphatic hydroxyl groups excluding tert-OH is 3. The molecular formula is C13H21N3O9. The number of esters is 1. The third kappa shape index (κ3) is 7.81. The summed E-state index contributed by atoms with van der Waals surface area (Å²) in [4.78, 5) is 33.6. The van der Waals surface area contributed by atoms with Crippen LogP contribution in [0, 0.1) is 5.92 Å². The topological polar surface area (TPSA) is 210 Å². The zero-order valence-corrected chi connectivity index (χ0v) is 13.4. The lowest BCUT2D eigenvalue weighted by Crippen LogP contribution is -2.39. The summed E-state index contributed by atoms with van der Waals surface area (Å²) in [6, 6.07) is -0.502. The molecule has 1 saturated carbocycles. The van der Waals surface area contributed by atoms with Gasteiger partial charge in [-0.05, 0) is 31.7 Å². The Labute approximate surface area is 142 Å². The molecule has 0 aromatic rings. The molecule has 0 aromatic heterocycles. The van der Waals surface area contributed by atoms with Gasteiger partial charge < -0.3 is 30.3 Å². The molecule has 25 heavy (non-hydrogen) atoms. The van der Waals surface area contributed by atoms with Gasteiger partial charge in [0.2, 0.25) is 0 Å². The van der Waals surface area contributed by atoms with E-state index in [1.54, 1.807) is 6.92 Å². The van der Waals surface area contributed by atoms with Gasteiger partial charge in [0.05, 0.1) is 24.7 Å². The molecule has 1 aliphatic rings. The lowest BCUT2D eigenvalue weighted by atomic mass is 9.84. The summed E-state index contributed by atoms with van der Waals surface area (Å²) in [5.74, 6) is -4.05. The van der Waals surface area contributed by atoms with Gasteiger partial charge in [0, 0.05) is 4.91 Å². The highest BCUT2D eigenvalue weighted by Crippen LogP contribution is 2.27. The number of aliphatic hydroxyl groups is 3.